The van der Waals surface area contributed by atoms with E-state index >= 15 is 0 Å². The molecule has 5 rings (SSSR count). The SMILES string of the molecule is Cc1nn(C)cc1NC(=O)C[C@H]1CC[C@H]2[C@H](COc3ccc(NC(=O)C4CCC4)cc3C(=O)N2C)O1. The normalized spacial score (nSPS) is 23.9. The molecule has 3 aliphatic rings. The molecular weight excluding hydrogens is 462 g/mol. The van der Waals surface area contributed by atoms with Crippen LogP contribution in [0.15, 0.2) is 24.4 Å². The molecular formula is C26H33N5O5. The van der Waals surface area contributed by atoms with Gasteiger partial charge in [0.25, 0.3) is 5.91 Å². The van der Waals surface area contributed by atoms with Crippen molar-refractivity contribution in [2.75, 3.05) is 24.3 Å². The van der Waals surface area contributed by atoms with Gasteiger partial charge < -0.3 is 25.0 Å². The summed E-state index contributed by atoms with van der Waals surface area (Å²) < 4.78 is 14.0. The van der Waals surface area contributed by atoms with E-state index in [0.29, 0.717) is 35.5 Å². The van der Waals surface area contributed by atoms with Gasteiger partial charge in [-0.05, 0) is 50.8 Å². The summed E-state index contributed by atoms with van der Waals surface area (Å²) in [5.74, 6) is 0.217. The summed E-state index contributed by atoms with van der Waals surface area (Å²) in [4.78, 5) is 40.1. The summed E-state index contributed by atoms with van der Waals surface area (Å²) in [5, 5.41) is 10.1. The molecule has 1 saturated heterocycles. The van der Waals surface area contributed by atoms with E-state index in [2.05, 4.69) is 15.7 Å². The number of aryl methyl sites for hydroxylation is 2. The van der Waals surface area contributed by atoms with Gasteiger partial charge in [-0.1, -0.05) is 6.42 Å². The van der Waals surface area contributed by atoms with Gasteiger partial charge in [-0.2, -0.15) is 5.10 Å². The Morgan fingerprint density at radius 2 is 1.94 bits per heavy atom. The number of fused-ring (bicyclic) bond motifs is 2. The zero-order valence-electron chi connectivity index (χ0n) is 21.0. The van der Waals surface area contributed by atoms with Crippen LogP contribution in [0.4, 0.5) is 11.4 Å². The smallest absolute Gasteiger partial charge is 0.257 e. The lowest BCUT2D eigenvalue weighted by atomic mass is 9.85. The largest absolute Gasteiger partial charge is 0.490 e. The summed E-state index contributed by atoms with van der Waals surface area (Å²) in [5.41, 5.74) is 2.47. The topological polar surface area (TPSA) is 115 Å². The molecule has 1 aromatic carbocycles. The van der Waals surface area contributed by atoms with Crippen LogP contribution >= 0.6 is 0 Å². The van der Waals surface area contributed by atoms with E-state index in [1.807, 2.05) is 14.0 Å². The molecule has 10 nitrogen and oxygen atoms in total. The van der Waals surface area contributed by atoms with Crippen molar-refractivity contribution in [3.63, 3.8) is 0 Å². The average Bonchev–Trinajstić information content (AvgIpc) is 3.11. The van der Waals surface area contributed by atoms with Crippen LogP contribution in [0.1, 0.15) is 54.6 Å². The third-order valence-corrected chi connectivity index (χ3v) is 7.46. The van der Waals surface area contributed by atoms with E-state index in [1.165, 1.54) is 0 Å². The van der Waals surface area contributed by atoms with E-state index in [9.17, 15) is 14.4 Å². The summed E-state index contributed by atoms with van der Waals surface area (Å²) >= 11 is 0. The number of nitrogens with zero attached hydrogens (tertiary/aromatic N) is 3. The van der Waals surface area contributed by atoms with Gasteiger partial charge in [0.05, 0.1) is 35.5 Å². The molecule has 1 saturated carbocycles. The summed E-state index contributed by atoms with van der Waals surface area (Å²) in [7, 11) is 3.58. The summed E-state index contributed by atoms with van der Waals surface area (Å²) in [6.07, 6.45) is 5.64. The maximum Gasteiger partial charge on any atom is 0.257 e. The Morgan fingerprint density at radius 3 is 2.64 bits per heavy atom. The molecule has 0 radical (unpaired) electrons. The van der Waals surface area contributed by atoms with Crippen LogP contribution in [0.2, 0.25) is 0 Å². The van der Waals surface area contributed by atoms with Gasteiger partial charge in [-0.15, -0.1) is 0 Å². The molecule has 2 fully saturated rings. The van der Waals surface area contributed by atoms with Crippen molar-refractivity contribution in [3.8, 4) is 5.75 Å². The van der Waals surface area contributed by atoms with Crippen LogP contribution in [0.25, 0.3) is 0 Å². The zero-order valence-corrected chi connectivity index (χ0v) is 21.0. The van der Waals surface area contributed by atoms with E-state index in [-0.39, 0.29) is 54.9 Å². The molecule has 2 N–H and O–H groups in total. The molecule has 3 atom stereocenters. The Labute approximate surface area is 210 Å². The van der Waals surface area contributed by atoms with Crippen molar-refractivity contribution in [1.29, 1.82) is 0 Å². The third kappa shape index (κ3) is 4.95. The highest BCUT2D eigenvalue weighted by molar-refractivity contribution is 6.00. The van der Waals surface area contributed by atoms with Gasteiger partial charge in [0.2, 0.25) is 11.8 Å². The summed E-state index contributed by atoms with van der Waals surface area (Å²) in [6.45, 7) is 2.11. The van der Waals surface area contributed by atoms with Gasteiger partial charge in [0, 0.05) is 31.9 Å². The van der Waals surface area contributed by atoms with Gasteiger partial charge in [-0.25, -0.2) is 0 Å². The van der Waals surface area contributed by atoms with Gasteiger partial charge >= 0.3 is 0 Å². The highest BCUT2D eigenvalue weighted by Gasteiger charge is 2.39. The number of benzene rings is 1. The molecule has 0 unspecified atom stereocenters. The number of carbonyl (C=O) groups excluding carboxylic acids is 3. The Hall–Kier alpha value is -3.40. The first-order valence-electron chi connectivity index (χ1n) is 12.6. The molecule has 2 aliphatic heterocycles. The van der Waals surface area contributed by atoms with Crippen molar-refractivity contribution in [2.45, 2.75) is 63.7 Å². The van der Waals surface area contributed by atoms with Crippen LogP contribution in [-0.4, -0.2) is 64.3 Å². The molecule has 0 bridgehead atoms. The van der Waals surface area contributed by atoms with E-state index in [0.717, 1.165) is 25.0 Å². The first-order valence-corrected chi connectivity index (χ1v) is 12.6. The number of nitrogens with one attached hydrogen (secondary N) is 2. The average molecular weight is 496 g/mol. The maximum atomic E-state index is 13.4. The van der Waals surface area contributed by atoms with Gasteiger partial charge in [-0.3, -0.25) is 19.1 Å². The minimum absolute atomic E-state index is 0.00303. The van der Waals surface area contributed by atoms with Crippen LogP contribution in [-0.2, 0) is 21.4 Å². The van der Waals surface area contributed by atoms with Crippen molar-refractivity contribution >= 4 is 29.1 Å². The minimum atomic E-state index is -0.350. The fourth-order valence-electron chi connectivity index (χ4n) is 5.15. The number of hydrogen-bond donors (Lipinski definition) is 2. The van der Waals surface area contributed by atoms with Crippen LogP contribution in [0.3, 0.4) is 0 Å². The zero-order chi connectivity index (χ0) is 25.4. The second-order valence-corrected chi connectivity index (χ2v) is 10.1. The molecule has 2 aromatic rings. The van der Waals surface area contributed by atoms with Crippen molar-refractivity contribution in [1.82, 2.24) is 14.7 Å². The van der Waals surface area contributed by atoms with Crippen LogP contribution < -0.4 is 15.4 Å². The minimum Gasteiger partial charge on any atom is -0.490 e. The lowest BCUT2D eigenvalue weighted by Gasteiger charge is -2.42. The van der Waals surface area contributed by atoms with Crippen molar-refractivity contribution in [3.05, 3.63) is 35.7 Å². The lowest BCUT2D eigenvalue weighted by molar-refractivity contribution is -0.130. The second kappa shape index (κ2) is 9.93. The maximum absolute atomic E-state index is 13.4. The predicted octanol–water partition coefficient (Wildman–Crippen LogP) is 2.88. The predicted molar refractivity (Wildman–Crippen MR) is 133 cm³/mol. The van der Waals surface area contributed by atoms with E-state index < -0.39 is 0 Å². The highest BCUT2D eigenvalue weighted by atomic mass is 16.5. The van der Waals surface area contributed by atoms with E-state index in [4.69, 9.17) is 9.47 Å². The van der Waals surface area contributed by atoms with Crippen molar-refractivity contribution < 1.29 is 23.9 Å². The van der Waals surface area contributed by atoms with Crippen LogP contribution in [0.5, 0.6) is 5.75 Å². The molecule has 36 heavy (non-hydrogen) atoms. The first kappa shape index (κ1) is 24.3. The number of likely N-dealkylation sites (N-methyl/N-ethyl adjacent to an activating group) is 1. The Balaban J connectivity index is 1.24. The Morgan fingerprint density at radius 1 is 1.14 bits per heavy atom. The van der Waals surface area contributed by atoms with Crippen molar-refractivity contribution in [2.24, 2.45) is 13.0 Å². The van der Waals surface area contributed by atoms with E-state index in [1.54, 1.807) is 41.0 Å². The fraction of sp³-hybridized carbons (Fsp3) is 0.538. The fourth-order valence-corrected chi connectivity index (χ4v) is 5.15. The Kier molecular flexibility index (Phi) is 6.70. The number of rotatable bonds is 5. The monoisotopic (exact) mass is 495 g/mol. The van der Waals surface area contributed by atoms with Gasteiger partial charge in [0.15, 0.2) is 0 Å². The molecule has 192 valence electrons. The summed E-state index contributed by atoms with van der Waals surface area (Å²) in [6, 6.07) is 5.01. The standard InChI is InChI=1S/C26H33N5O5/c1-15-20(13-30(2)29-15)28-24(32)12-18-8-9-21-23(36-18)14-35-22-10-7-17(11-19(22)26(34)31(21)3)27-25(33)16-5-4-6-16/h7,10-11,13,16,18,21,23H,4-6,8-9,12,14H2,1-3H3,(H,27,33)(H,28,32)/t18-,21+,23+/m1/s1. The first-order chi connectivity index (χ1) is 17.3. The number of hydrogen-bond acceptors (Lipinski definition) is 6. The lowest BCUT2D eigenvalue weighted by Crippen LogP contribution is -2.53. The highest BCUT2D eigenvalue weighted by Crippen LogP contribution is 2.33. The number of anilines is 2. The molecule has 10 heteroatoms. The van der Waals surface area contributed by atoms with Gasteiger partial charge in [0.1, 0.15) is 18.5 Å². The number of carbonyl (C=O) groups is 3. The number of amides is 3. The Bertz CT molecular complexity index is 1170. The number of aromatic nitrogens is 2. The van der Waals surface area contributed by atoms with Crippen LogP contribution in [0, 0.1) is 12.8 Å². The molecule has 1 aliphatic carbocycles. The molecule has 1 aromatic heterocycles. The molecule has 3 amide bonds. The molecule has 0 spiro atoms. The molecule has 3 heterocycles. The third-order valence-electron chi connectivity index (χ3n) is 7.46. The second-order valence-electron chi connectivity index (χ2n) is 10.1. The quantitative estimate of drug-likeness (QED) is 0.659. The number of ether oxygens (including phenoxy) is 2.